The maximum Gasteiger partial charge on any atom is 0.307 e. The first-order valence-electron chi connectivity index (χ1n) is 4.45. The Bertz CT molecular complexity index is 485. The van der Waals surface area contributed by atoms with Crippen LogP contribution in [0, 0.1) is 6.92 Å². The Labute approximate surface area is 81.4 Å². The molecule has 1 heterocycles. The molecule has 0 radical (unpaired) electrons. The largest absolute Gasteiger partial charge is 0.481 e. The van der Waals surface area contributed by atoms with E-state index in [0.717, 1.165) is 22.0 Å². The molecule has 1 aromatic heterocycles. The molecule has 0 unspecified atom stereocenters. The number of hydrogen-bond acceptors (Lipinski definition) is 1. The molecule has 0 aliphatic carbocycles. The minimum absolute atomic E-state index is 0.0853. The van der Waals surface area contributed by atoms with Crippen molar-refractivity contribution in [3.8, 4) is 0 Å². The van der Waals surface area contributed by atoms with Gasteiger partial charge in [-0.1, -0.05) is 6.07 Å². The summed E-state index contributed by atoms with van der Waals surface area (Å²) in [6.07, 6.45) is 1.95. The predicted molar refractivity (Wildman–Crippen MR) is 54.4 cm³/mol. The van der Waals surface area contributed by atoms with Gasteiger partial charge in [0.15, 0.2) is 0 Å². The zero-order valence-corrected chi connectivity index (χ0v) is 7.87. The van der Waals surface area contributed by atoms with E-state index in [0.29, 0.717) is 0 Å². The molecule has 72 valence electrons. The fourth-order valence-electron chi connectivity index (χ4n) is 1.71. The Morgan fingerprint density at radius 3 is 3.00 bits per heavy atom. The van der Waals surface area contributed by atoms with Crippen LogP contribution in [0.25, 0.3) is 10.9 Å². The van der Waals surface area contributed by atoms with E-state index < -0.39 is 5.97 Å². The second kappa shape index (κ2) is 3.18. The lowest BCUT2D eigenvalue weighted by Crippen LogP contribution is -2.00. The van der Waals surface area contributed by atoms with Crippen molar-refractivity contribution in [2.45, 2.75) is 13.3 Å². The third kappa shape index (κ3) is 1.48. The maximum atomic E-state index is 10.5. The minimum atomic E-state index is -0.792. The van der Waals surface area contributed by atoms with Crippen LogP contribution in [-0.2, 0) is 11.2 Å². The third-order valence-electron chi connectivity index (χ3n) is 2.27. The van der Waals surface area contributed by atoms with E-state index in [1.54, 1.807) is 0 Å². The van der Waals surface area contributed by atoms with E-state index in [2.05, 4.69) is 4.98 Å². The van der Waals surface area contributed by atoms with Gasteiger partial charge in [0.2, 0.25) is 0 Å². The monoisotopic (exact) mass is 189 g/mol. The summed E-state index contributed by atoms with van der Waals surface area (Å²) >= 11 is 0. The molecular weight excluding hydrogens is 178 g/mol. The van der Waals surface area contributed by atoms with Gasteiger partial charge in [-0.05, 0) is 35.6 Å². The SMILES string of the molecule is Cc1cc(CC(=O)O)cc2cc[nH]c12. The Kier molecular flexibility index (Phi) is 2.00. The van der Waals surface area contributed by atoms with Crippen LogP contribution >= 0.6 is 0 Å². The van der Waals surface area contributed by atoms with E-state index >= 15 is 0 Å². The van der Waals surface area contributed by atoms with Gasteiger partial charge in [-0.15, -0.1) is 0 Å². The number of aliphatic carboxylic acids is 1. The van der Waals surface area contributed by atoms with Crippen molar-refractivity contribution in [3.63, 3.8) is 0 Å². The van der Waals surface area contributed by atoms with Crippen molar-refractivity contribution in [3.05, 3.63) is 35.5 Å². The van der Waals surface area contributed by atoms with Gasteiger partial charge in [0.05, 0.1) is 6.42 Å². The van der Waals surface area contributed by atoms with E-state index in [-0.39, 0.29) is 6.42 Å². The van der Waals surface area contributed by atoms with Gasteiger partial charge >= 0.3 is 5.97 Å². The number of aromatic amines is 1. The summed E-state index contributed by atoms with van der Waals surface area (Å²) in [5, 5.41) is 9.74. The summed E-state index contributed by atoms with van der Waals surface area (Å²) in [6.45, 7) is 1.98. The summed E-state index contributed by atoms with van der Waals surface area (Å²) in [6, 6.07) is 5.77. The fourth-order valence-corrected chi connectivity index (χ4v) is 1.71. The standard InChI is InChI=1S/C11H11NO2/c1-7-4-8(6-10(13)14)5-9-2-3-12-11(7)9/h2-5,12H,6H2,1H3,(H,13,14). The number of nitrogens with one attached hydrogen (secondary N) is 1. The van der Waals surface area contributed by atoms with Crippen molar-refractivity contribution in [1.82, 2.24) is 4.98 Å². The van der Waals surface area contributed by atoms with Crippen molar-refractivity contribution in [2.24, 2.45) is 0 Å². The highest BCUT2D eigenvalue weighted by Crippen LogP contribution is 2.19. The molecule has 1 aromatic carbocycles. The summed E-state index contributed by atoms with van der Waals surface area (Å²) in [7, 11) is 0. The lowest BCUT2D eigenvalue weighted by Gasteiger charge is -2.01. The van der Waals surface area contributed by atoms with E-state index in [9.17, 15) is 4.79 Å². The second-order valence-corrected chi connectivity index (χ2v) is 3.43. The number of aromatic nitrogens is 1. The molecule has 0 spiro atoms. The van der Waals surface area contributed by atoms with Gasteiger partial charge in [-0.2, -0.15) is 0 Å². The molecule has 3 heteroatoms. The maximum absolute atomic E-state index is 10.5. The van der Waals surface area contributed by atoms with Crippen LogP contribution < -0.4 is 0 Å². The van der Waals surface area contributed by atoms with Crippen LogP contribution in [0.2, 0.25) is 0 Å². The van der Waals surface area contributed by atoms with Crippen molar-refractivity contribution in [2.75, 3.05) is 0 Å². The number of H-pyrrole nitrogens is 1. The number of aryl methyl sites for hydroxylation is 1. The lowest BCUT2D eigenvalue weighted by molar-refractivity contribution is -0.136. The summed E-state index contributed by atoms with van der Waals surface area (Å²) < 4.78 is 0. The summed E-state index contributed by atoms with van der Waals surface area (Å²) in [5.74, 6) is -0.792. The summed E-state index contributed by atoms with van der Waals surface area (Å²) in [5.41, 5.74) is 3.02. The van der Waals surface area contributed by atoms with Crippen LogP contribution in [0.4, 0.5) is 0 Å². The number of carboxylic acids is 1. The van der Waals surface area contributed by atoms with Gasteiger partial charge in [0.25, 0.3) is 0 Å². The van der Waals surface area contributed by atoms with Crippen LogP contribution in [0.3, 0.4) is 0 Å². The van der Waals surface area contributed by atoms with Crippen molar-refractivity contribution >= 4 is 16.9 Å². The molecule has 2 rings (SSSR count). The Balaban J connectivity index is 2.53. The van der Waals surface area contributed by atoms with E-state index in [4.69, 9.17) is 5.11 Å². The molecule has 0 aliphatic rings. The highest BCUT2D eigenvalue weighted by molar-refractivity contribution is 5.84. The molecule has 0 fully saturated rings. The smallest absolute Gasteiger partial charge is 0.307 e. The average Bonchev–Trinajstić information content (AvgIpc) is 2.50. The van der Waals surface area contributed by atoms with Gasteiger partial charge < -0.3 is 10.1 Å². The molecule has 3 nitrogen and oxygen atoms in total. The van der Waals surface area contributed by atoms with Crippen molar-refractivity contribution in [1.29, 1.82) is 0 Å². The van der Waals surface area contributed by atoms with E-state index in [1.165, 1.54) is 0 Å². The molecular formula is C11H11NO2. The number of fused-ring (bicyclic) bond motifs is 1. The molecule has 0 amide bonds. The third-order valence-corrected chi connectivity index (χ3v) is 2.27. The van der Waals surface area contributed by atoms with E-state index in [1.807, 2.05) is 31.3 Å². The average molecular weight is 189 g/mol. The first-order chi connectivity index (χ1) is 6.66. The first kappa shape index (κ1) is 8.81. The molecule has 14 heavy (non-hydrogen) atoms. The highest BCUT2D eigenvalue weighted by atomic mass is 16.4. The second-order valence-electron chi connectivity index (χ2n) is 3.43. The zero-order valence-electron chi connectivity index (χ0n) is 7.87. The Morgan fingerprint density at radius 2 is 2.29 bits per heavy atom. The number of hydrogen-bond donors (Lipinski definition) is 2. The minimum Gasteiger partial charge on any atom is -0.481 e. The van der Waals surface area contributed by atoms with Gasteiger partial charge in [-0.3, -0.25) is 4.79 Å². The normalized spacial score (nSPS) is 10.6. The van der Waals surface area contributed by atoms with Gasteiger partial charge in [0, 0.05) is 11.7 Å². The molecule has 2 N–H and O–H groups in total. The van der Waals surface area contributed by atoms with Crippen molar-refractivity contribution < 1.29 is 9.90 Å². The van der Waals surface area contributed by atoms with Crippen LogP contribution in [-0.4, -0.2) is 16.1 Å². The van der Waals surface area contributed by atoms with Crippen LogP contribution in [0.15, 0.2) is 24.4 Å². The molecule has 0 aliphatic heterocycles. The number of carbonyl (C=O) groups is 1. The Hall–Kier alpha value is -1.77. The number of benzene rings is 1. The van der Waals surface area contributed by atoms with Crippen LogP contribution in [0.5, 0.6) is 0 Å². The lowest BCUT2D eigenvalue weighted by atomic mass is 10.1. The molecule has 2 aromatic rings. The topological polar surface area (TPSA) is 53.1 Å². The molecule has 0 saturated heterocycles. The molecule has 0 saturated carbocycles. The molecule has 0 bridgehead atoms. The predicted octanol–water partition coefficient (Wildman–Crippen LogP) is 2.10. The first-order valence-corrected chi connectivity index (χ1v) is 4.45. The molecule has 0 atom stereocenters. The van der Waals surface area contributed by atoms with Gasteiger partial charge in [0.1, 0.15) is 0 Å². The number of rotatable bonds is 2. The number of carboxylic acid groups (broad SMARTS) is 1. The summed E-state index contributed by atoms with van der Waals surface area (Å²) in [4.78, 5) is 13.7. The zero-order chi connectivity index (χ0) is 10.1. The Morgan fingerprint density at radius 1 is 1.50 bits per heavy atom. The van der Waals surface area contributed by atoms with Gasteiger partial charge in [-0.25, -0.2) is 0 Å². The quantitative estimate of drug-likeness (QED) is 0.760. The van der Waals surface area contributed by atoms with Crippen LogP contribution in [0.1, 0.15) is 11.1 Å². The highest BCUT2D eigenvalue weighted by Gasteiger charge is 2.04. The fraction of sp³-hybridized carbons (Fsp3) is 0.182.